The number of hydrogen-bond donors (Lipinski definition) is 1. The molecule has 18 heavy (non-hydrogen) atoms. The maximum absolute atomic E-state index is 11.4. The van der Waals surface area contributed by atoms with Crippen molar-refractivity contribution < 1.29 is 4.74 Å². The summed E-state index contributed by atoms with van der Waals surface area (Å²) in [5.41, 5.74) is -0.764. The molecule has 0 atom stereocenters. The zero-order valence-electron chi connectivity index (χ0n) is 9.43. The summed E-state index contributed by atoms with van der Waals surface area (Å²) in [6.45, 7) is 0.472. The minimum atomic E-state index is -0.429. The molecular weight excluding hydrogens is 300 g/mol. The Bertz CT molecular complexity index is 603. The lowest BCUT2D eigenvalue weighted by atomic mass is 10.3. The molecular formula is C12H11BrN2O3. The Hall–Kier alpha value is -1.82. The average molecular weight is 311 g/mol. The van der Waals surface area contributed by atoms with E-state index in [0.29, 0.717) is 5.75 Å². The van der Waals surface area contributed by atoms with Crippen molar-refractivity contribution in [2.75, 3.05) is 6.61 Å². The van der Waals surface area contributed by atoms with E-state index in [1.54, 1.807) is 0 Å². The predicted octanol–water partition coefficient (Wildman–Crippen LogP) is 1.38. The smallest absolute Gasteiger partial charge is 0.328 e. The summed E-state index contributed by atoms with van der Waals surface area (Å²) < 4.78 is 7.50. The Morgan fingerprint density at radius 2 is 1.89 bits per heavy atom. The molecule has 0 bridgehead atoms. The largest absolute Gasteiger partial charge is 0.492 e. The molecule has 0 aliphatic rings. The highest BCUT2D eigenvalue weighted by molar-refractivity contribution is 9.10. The molecule has 0 saturated carbocycles. The van der Waals surface area contributed by atoms with E-state index < -0.39 is 5.69 Å². The van der Waals surface area contributed by atoms with Crippen molar-refractivity contribution >= 4 is 15.9 Å². The second-order valence-electron chi connectivity index (χ2n) is 3.58. The van der Waals surface area contributed by atoms with E-state index in [1.807, 2.05) is 24.3 Å². The van der Waals surface area contributed by atoms with E-state index in [2.05, 4.69) is 20.9 Å². The molecule has 1 aromatic heterocycles. The van der Waals surface area contributed by atoms with Crippen molar-refractivity contribution in [3.8, 4) is 5.75 Å². The summed E-state index contributed by atoms with van der Waals surface area (Å²) in [5.74, 6) is 0.693. The van der Waals surface area contributed by atoms with Gasteiger partial charge in [0.05, 0.1) is 6.54 Å². The first kappa shape index (κ1) is 12.6. The van der Waals surface area contributed by atoms with E-state index in [0.717, 1.165) is 9.04 Å². The van der Waals surface area contributed by atoms with Crippen molar-refractivity contribution in [1.29, 1.82) is 0 Å². The molecule has 1 N–H and O–H groups in total. The lowest BCUT2D eigenvalue weighted by molar-refractivity contribution is 0.293. The molecule has 0 fully saturated rings. The van der Waals surface area contributed by atoms with Gasteiger partial charge in [-0.2, -0.15) is 0 Å². The summed E-state index contributed by atoms with van der Waals surface area (Å²) in [6, 6.07) is 8.64. The number of rotatable bonds is 4. The molecule has 0 radical (unpaired) electrons. The quantitative estimate of drug-likeness (QED) is 0.928. The maximum Gasteiger partial charge on any atom is 0.328 e. The molecule has 0 amide bonds. The molecule has 0 aliphatic heterocycles. The molecule has 94 valence electrons. The highest BCUT2D eigenvalue weighted by atomic mass is 79.9. The van der Waals surface area contributed by atoms with Gasteiger partial charge < -0.3 is 9.72 Å². The minimum Gasteiger partial charge on any atom is -0.492 e. The van der Waals surface area contributed by atoms with E-state index in [4.69, 9.17) is 4.74 Å². The number of hydrogen-bond acceptors (Lipinski definition) is 3. The fourth-order valence-electron chi connectivity index (χ4n) is 1.45. The summed E-state index contributed by atoms with van der Waals surface area (Å²) in [7, 11) is 0. The zero-order valence-corrected chi connectivity index (χ0v) is 11.0. The van der Waals surface area contributed by atoms with E-state index >= 15 is 0 Å². The van der Waals surface area contributed by atoms with Crippen LogP contribution in [0.1, 0.15) is 0 Å². The molecule has 5 nitrogen and oxygen atoms in total. The normalized spacial score (nSPS) is 10.3. The van der Waals surface area contributed by atoms with Gasteiger partial charge in [-0.15, -0.1) is 0 Å². The molecule has 0 aliphatic carbocycles. The van der Waals surface area contributed by atoms with Crippen molar-refractivity contribution in [2.45, 2.75) is 6.54 Å². The molecule has 0 saturated heterocycles. The number of aromatic amines is 1. The molecule has 2 aromatic rings. The lowest BCUT2D eigenvalue weighted by Gasteiger charge is -2.07. The summed E-state index contributed by atoms with van der Waals surface area (Å²) >= 11 is 3.32. The number of aromatic nitrogens is 2. The SMILES string of the molecule is O=c1cc[nH]c(=O)n1CCOc1ccc(Br)cc1. The van der Waals surface area contributed by atoms with Crippen molar-refractivity contribution in [2.24, 2.45) is 0 Å². The summed E-state index contributed by atoms with van der Waals surface area (Å²) in [5, 5.41) is 0. The van der Waals surface area contributed by atoms with Crippen LogP contribution < -0.4 is 16.0 Å². The number of H-pyrrole nitrogens is 1. The van der Waals surface area contributed by atoms with Gasteiger partial charge in [0.1, 0.15) is 12.4 Å². The van der Waals surface area contributed by atoms with Crippen LogP contribution >= 0.6 is 15.9 Å². The van der Waals surface area contributed by atoms with Crippen LogP contribution in [0.15, 0.2) is 50.6 Å². The van der Waals surface area contributed by atoms with Crippen LogP contribution in [0.25, 0.3) is 0 Å². The predicted molar refractivity (Wildman–Crippen MR) is 71.0 cm³/mol. The third-order valence-electron chi connectivity index (χ3n) is 2.34. The number of nitrogens with one attached hydrogen (secondary N) is 1. The molecule has 0 unspecified atom stereocenters. The monoisotopic (exact) mass is 310 g/mol. The molecule has 2 rings (SSSR count). The Balaban J connectivity index is 1.99. The van der Waals surface area contributed by atoms with Gasteiger partial charge in [0.15, 0.2) is 0 Å². The molecule has 1 aromatic carbocycles. The van der Waals surface area contributed by atoms with Gasteiger partial charge in [0.25, 0.3) is 5.56 Å². The Morgan fingerprint density at radius 1 is 1.17 bits per heavy atom. The van der Waals surface area contributed by atoms with Crippen LogP contribution in [0, 0.1) is 0 Å². The zero-order chi connectivity index (χ0) is 13.0. The summed E-state index contributed by atoms with van der Waals surface area (Å²) in [6.07, 6.45) is 1.33. The third kappa shape index (κ3) is 3.10. The Morgan fingerprint density at radius 3 is 2.56 bits per heavy atom. The third-order valence-corrected chi connectivity index (χ3v) is 2.87. The first-order chi connectivity index (χ1) is 8.66. The van der Waals surface area contributed by atoms with Crippen molar-refractivity contribution in [3.63, 3.8) is 0 Å². The van der Waals surface area contributed by atoms with Crippen LogP contribution in [-0.2, 0) is 6.54 Å². The molecule has 0 spiro atoms. The second-order valence-corrected chi connectivity index (χ2v) is 4.49. The van der Waals surface area contributed by atoms with E-state index in [9.17, 15) is 9.59 Å². The first-order valence-electron chi connectivity index (χ1n) is 5.34. The van der Waals surface area contributed by atoms with Crippen molar-refractivity contribution in [1.82, 2.24) is 9.55 Å². The Kier molecular flexibility index (Phi) is 3.99. The van der Waals surface area contributed by atoms with Gasteiger partial charge in [-0.05, 0) is 24.3 Å². The molecule has 1 heterocycles. The fourth-order valence-corrected chi connectivity index (χ4v) is 1.71. The highest BCUT2D eigenvalue weighted by Crippen LogP contribution is 2.15. The number of halogens is 1. The highest BCUT2D eigenvalue weighted by Gasteiger charge is 2.00. The van der Waals surface area contributed by atoms with Gasteiger partial charge in [0.2, 0.25) is 0 Å². The molecule has 6 heteroatoms. The van der Waals surface area contributed by atoms with Crippen molar-refractivity contribution in [3.05, 3.63) is 61.8 Å². The van der Waals surface area contributed by atoms with Crippen LogP contribution in [0.2, 0.25) is 0 Å². The van der Waals surface area contributed by atoms with Gasteiger partial charge in [-0.3, -0.25) is 9.36 Å². The first-order valence-corrected chi connectivity index (χ1v) is 6.13. The second kappa shape index (κ2) is 5.68. The van der Waals surface area contributed by atoms with Crippen LogP contribution in [0.5, 0.6) is 5.75 Å². The topological polar surface area (TPSA) is 64.1 Å². The van der Waals surface area contributed by atoms with Crippen LogP contribution in [0.3, 0.4) is 0 Å². The van der Waals surface area contributed by atoms with E-state index in [-0.39, 0.29) is 18.7 Å². The lowest BCUT2D eigenvalue weighted by Crippen LogP contribution is -2.35. The summed E-state index contributed by atoms with van der Waals surface area (Å²) in [4.78, 5) is 25.2. The van der Waals surface area contributed by atoms with E-state index in [1.165, 1.54) is 12.3 Å². The number of nitrogens with zero attached hydrogens (tertiary/aromatic N) is 1. The minimum absolute atomic E-state index is 0.213. The average Bonchev–Trinajstić information content (AvgIpc) is 2.35. The Labute approximate surface area is 111 Å². The van der Waals surface area contributed by atoms with Crippen LogP contribution in [-0.4, -0.2) is 16.2 Å². The fraction of sp³-hybridized carbons (Fsp3) is 0.167. The number of benzene rings is 1. The van der Waals surface area contributed by atoms with Gasteiger partial charge in [-0.25, -0.2) is 4.79 Å². The van der Waals surface area contributed by atoms with Gasteiger partial charge in [0, 0.05) is 16.7 Å². The van der Waals surface area contributed by atoms with Gasteiger partial charge in [-0.1, -0.05) is 15.9 Å². The maximum atomic E-state index is 11.4. The number of ether oxygens (including phenoxy) is 1. The van der Waals surface area contributed by atoms with Crippen LogP contribution in [0.4, 0.5) is 0 Å². The standard InChI is InChI=1S/C12H11BrN2O3/c13-9-1-3-10(4-2-9)18-8-7-15-11(16)5-6-14-12(15)17/h1-6H,7-8H2,(H,14,17). The van der Waals surface area contributed by atoms with Gasteiger partial charge >= 0.3 is 5.69 Å².